The second-order valence-electron chi connectivity index (χ2n) is 9.19. The Morgan fingerprint density at radius 1 is 0.969 bits per heavy atom. The van der Waals surface area contributed by atoms with Gasteiger partial charge in [0, 0.05) is 12.1 Å². The van der Waals surface area contributed by atoms with E-state index in [9.17, 15) is 18.0 Å². The average Bonchev–Trinajstić information content (AvgIpc) is 2.78. The molecule has 6 nitrogen and oxygen atoms in total. The fraction of sp³-hybridized carbons (Fsp3) is 0.440. The maximum atomic E-state index is 13.1. The number of hydrogen-bond donors (Lipinski definition) is 1. The van der Waals surface area contributed by atoms with Crippen LogP contribution in [0.4, 0.5) is 0 Å². The third-order valence-corrected chi connectivity index (χ3v) is 8.29. The number of rotatable bonds is 5. The molecule has 0 radical (unpaired) electrons. The lowest BCUT2D eigenvalue weighted by Gasteiger charge is -2.48. The van der Waals surface area contributed by atoms with Gasteiger partial charge in [-0.15, -0.1) is 0 Å². The van der Waals surface area contributed by atoms with Crippen molar-refractivity contribution in [3.8, 4) is 0 Å². The predicted molar refractivity (Wildman–Crippen MR) is 123 cm³/mol. The van der Waals surface area contributed by atoms with E-state index in [0.717, 1.165) is 5.56 Å². The number of aryl methyl sites for hydroxylation is 1. The van der Waals surface area contributed by atoms with Gasteiger partial charge in [-0.2, -0.15) is 0 Å². The molecule has 32 heavy (non-hydrogen) atoms. The van der Waals surface area contributed by atoms with E-state index in [1.54, 1.807) is 19.1 Å². The number of sulfonamides is 1. The van der Waals surface area contributed by atoms with Gasteiger partial charge in [0.15, 0.2) is 0 Å². The first-order valence-corrected chi connectivity index (χ1v) is 12.7. The van der Waals surface area contributed by atoms with Crippen LogP contribution in [0.15, 0.2) is 53.4 Å². The van der Waals surface area contributed by atoms with Gasteiger partial charge in [-0.3, -0.25) is 9.59 Å². The number of likely N-dealkylation sites (tertiary alicyclic amines) is 1. The normalized spacial score (nSPS) is 21.6. The summed E-state index contributed by atoms with van der Waals surface area (Å²) < 4.78 is 27.4. The van der Waals surface area contributed by atoms with E-state index >= 15 is 0 Å². The van der Waals surface area contributed by atoms with Gasteiger partial charge in [-0.1, -0.05) is 49.1 Å². The summed E-state index contributed by atoms with van der Waals surface area (Å²) in [5.74, 6) is -0.381. The number of hydrogen-bond acceptors (Lipinski definition) is 4. The first-order valence-electron chi connectivity index (χ1n) is 11.3. The van der Waals surface area contributed by atoms with Crippen molar-refractivity contribution in [1.29, 1.82) is 0 Å². The molecule has 1 atom stereocenters. The second kappa shape index (κ2) is 8.70. The fourth-order valence-electron chi connectivity index (χ4n) is 4.62. The molecule has 1 unspecified atom stereocenters. The van der Waals surface area contributed by atoms with Crippen LogP contribution in [0.3, 0.4) is 0 Å². The number of nitrogens with one attached hydrogen (secondary N) is 1. The monoisotopic (exact) mass is 454 g/mol. The maximum absolute atomic E-state index is 13.1. The first kappa shape index (κ1) is 22.5. The zero-order valence-electron chi connectivity index (χ0n) is 18.6. The quantitative estimate of drug-likeness (QED) is 0.736. The van der Waals surface area contributed by atoms with Gasteiger partial charge in [0.05, 0.1) is 4.90 Å². The topological polar surface area (TPSA) is 83.6 Å². The SMILES string of the molecule is Cc1ccc(S(=O)(=O)NC(=O)C2(C)CCN2C(=O)c2ccc(C3CCCCC3)cc2)cc1. The first-order chi connectivity index (χ1) is 15.2. The number of carbonyl (C=O) groups excluding carboxylic acids is 2. The van der Waals surface area contributed by atoms with Crippen LogP contribution in [0.25, 0.3) is 0 Å². The molecule has 4 rings (SSSR count). The molecule has 0 aromatic heterocycles. The van der Waals surface area contributed by atoms with Gasteiger partial charge >= 0.3 is 0 Å². The molecule has 2 aromatic carbocycles. The molecule has 1 heterocycles. The Bertz CT molecular complexity index is 1100. The van der Waals surface area contributed by atoms with Crippen LogP contribution >= 0.6 is 0 Å². The Labute approximate surface area is 190 Å². The van der Waals surface area contributed by atoms with Gasteiger partial charge in [0.1, 0.15) is 5.54 Å². The van der Waals surface area contributed by atoms with E-state index < -0.39 is 21.5 Å². The van der Waals surface area contributed by atoms with E-state index in [0.29, 0.717) is 24.4 Å². The molecule has 0 spiro atoms. The molecular formula is C25H30N2O4S. The van der Waals surface area contributed by atoms with Crippen molar-refractivity contribution in [3.05, 3.63) is 65.2 Å². The molecular weight excluding hydrogens is 424 g/mol. The molecule has 1 saturated carbocycles. The average molecular weight is 455 g/mol. The van der Waals surface area contributed by atoms with Crippen LogP contribution in [0.5, 0.6) is 0 Å². The van der Waals surface area contributed by atoms with E-state index in [-0.39, 0.29) is 10.8 Å². The van der Waals surface area contributed by atoms with Crippen molar-refractivity contribution in [3.63, 3.8) is 0 Å². The van der Waals surface area contributed by atoms with Gasteiger partial charge in [0.2, 0.25) is 0 Å². The standard InChI is InChI=1S/C25H30N2O4S/c1-18-8-14-22(15-9-18)32(30,31)26-24(29)25(2)16-17-27(25)23(28)21-12-10-20(11-13-21)19-6-4-3-5-7-19/h8-15,19H,3-7,16-17H2,1-2H3,(H,26,29). The van der Waals surface area contributed by atoms with Crippen LogP contribution < -0.4 is 4.72 Å². The minimum Gasteiger partial charge on any atom is -0.324 e. The van der Waals surface area contributed by atoms with Crippen molar-refractivity contribution in [2.24, 2.45) is 0 Å². The smallest absolute Gasteiger partial charge is 0.264 e. The second-order valence-corrected chi connectivity index (χ2v) is 10.9. The molecule has 2 fully saturated rings. The Morgan fingerprint density at radius 2 is 1.59 bits per heavy atom. The maximum Gasteiger partial charge on any atom is 0.264 e. The highest BCUT2D eigenvalue weighted by Crippen LogP contribution is 2.35. The number of carbonyl (C=O) groups is 2. The van der Waals surface area contributed by atoms with Gasteiger partial charge in [0.25, 0.3) is 21.8 Å². The van der Waals surface area contributed by atoms with Crippen LogP contribution in [0.1, 0.15) is 72.9 Å². The van der Waals surface area contributed by atoms with Crippen LogP contribution in [-0.4, -0.2) is 37.2 Å². The summed E-state index contributed by atoms with van der Waals surface area (Å²) in [6, 6.07) is 14.0. The summed E-state index contributed by atoms with van der Waals surface area (Å²) in [5.41, 5.74) is 1.50. The lowest BCUT2D eigenvalue weighted by molar-refractivity contribution is -0.135. The molecule has 170 valence electrons. The molecule has 7 heteroatoms. The molecule has 1 aliphatic carbocycles. The molecule has 2 aromatic rings. The predicted octanol–water partition coefficient (Wildman–Crippen LogP) is 4.15. The number of amides is 2. The summed E-state index contributed by atoms with van der Waals surface area (Å²) >= 11 is 0. The van der Waals surface area contributed by atoms with E-state index in [1.807, 2.05) is 31.2 Å². The minimum atomic E-state index is -4.00. The highest BCUT2D eigenvalue weighted by molar-refractivity contribution is 7.90. The van der Waals surface area contributed by atoms with Crippen molar-refractivity contribution in [2.75, 3.05) is 6.54 Å². The lowest BCUT2D eigenvalue weighted by Crippen LogP contribution is -2.67. The third-order valence-electron chi connectivity index (χ3n) is 6.94. The van der Waals surface area contributed by atoms with Crippen molar-refractivity contribution in [2.45, 2.75) is 68.7 Å². The molecule has 2 aliphatic rings. The summed E-state index contributed by atoms with van der Waals surface area (Å²) in [5, 5.41) is 0. The van der Waals surface area contributed by atoms with Crippen molar-refractivity contribution in [1.82, 2.24) is 9.62 Å². The molecule has 2 amide bonds. The minimum absolute atomic E-state index is 0.0237. The van der Waals surface area contributed by atoms with E-state index in [2.05, 4.69) is 4.72 Å². The van der Waals surface area contributed by atoms with E-state index in [1.165, 1.54) is 54.7 Å². The highest BCUT2D eigenvalue weighted by atomic mass is 32.2. The third kappa shape index (κ3) is 4.31. The Kier molecular flexibility index (Phi) is 6.12. The summed E-state index contributed by atoms with van der Waals surface area (Å²) in [4.78, 5) is 27.5. The largest absolute Gasteiger partial charge is 0.324 e. The Balaban J connectivity index is 1.46. The summed E-state index contributed by atoms with van der Waals surface area (Å²) in [6.45, 7) is 3.89. The Hall–Kier alpha value is -2.67. The van der Waals surface area contributed by atoms with Gasteiger partial charge in [-0.05, 0) is 68.9 Å². The number of nitrogens with zero attached hydrogens (tertiary/aromatic N) is 1. The van der Waals surface area contributed by atoms with Gasteiger partial charge < -0.3 is 4.90 Å². The molecule has 1 saturated heterocycles. The van der Waals surface area contributed by atoms with Crippen LogP contribution in [0.2, 0.25) is 0 Å². The molecule has 1 N–H and O–H groups in total. The van der Waals surface area contributed by atoms with Gasteiger partial charge in [-0.25, -0.2) is 13.1 Å². The summed E-state index contributed by atoms with van der Waals surface area (Å²) in [6.07, 6.45) is 6.58. The molecule has 0 bridgehead atoms. The highest BCUT2D eigenvalue weighted by Gasteiger charge is 2.50. The zero-order chi connectivity index (χ0) is 22.9. The van der Waals surface area contributed by atoms with Crippen LogP contribution in [-0.2, 0) is 14.8 Å². The summed E-state index contributed by atoms with van der Waals surface area (Å²) in [7, 11) is -4.00. The fourth-order valence-corrected chi connectivity index (χ4v) is 5.69. The van der Waals surface area contributed by atoms with Crippen LogP contribution in [0, 0.1) is 6.92 Å². The van der Waals surface area contributed by atoms with E-state index in [4.69, 9.17) is 0 Å². The molecule has 1 aliphatic heterocycles. The zero-order valence-corrected chi connectivity index (χ0v) is 19.5. The van der Waals surface area contributed by atoms with Crippen molar-refractivity contribution < 1.29 is 18.0 Å². The van der Waals surface area contributed by atoms with Crippen molar-refractivity contribution >= 4 is 21.8 Å². The number of benzene rings is 2. The Morgan fingerprint density at radius 3 is 2.16 bits per heavy atom. The lowest BCUT2D eigenvalue weighted by atomic mass is 9.83.